The van der Waals surface area contributed by atoms with E-state index in [0.29, 0.717) is 10.8 Å². The van der Waals surface area contributed by atoms with Gasteiger partial charge in [0.2, 0.25) is 0 Å². The Hall–Kier alpha value is -2.67. The number of ether oxygens (including phenoxy) is 1. The van der Waals surface area contributed by atoms with Gasteiger partial charge in [0.25, 0.3) is 10.0 Å². The lowest BCUT2D eigenvalue weighted by molar-refractivity contribution is 0.158. The van der Waals surface area contributed by atoms with Gasteiger partial charge in [-0.15, -0.1) is 0 Å². The van der Waals surface area contributed by atoms with Gasteiger partial charge in [0.05, 0.1) is 6.61 Å². The number of nitrogens with zero attached hydrogens (tertiary/aromatic N) is 3. The van der Waals surface area contributed by atoms with Crippen molar-refractivity contribution in [2.24, 2.45) is 0 Å². The number of benzene rings is 2. The normalized spacial score (nSPS) is 14.8. The Labute approximate surface area is 224 Å². The van der Waals surface area contributed by atoms with Crippen LogP contribution in [0.3, 0.4) is 0 Å². The van der Waals surface area contributed by atoms with Gasteiger partial charge in [-0.25, -0.2) is 31.5 Å². The molecule has 1 saturated heterocycles. The minimum atomic E-state index is -4.69. The molecule has 0 bridgehead atoms. The van der Waals surface area contributed by atoms with Gasteiger partial charge >= 0.3 is 0 Å². The van der Waals surface area contributed by atoms with Crippen LogP contribution in [0, 0.1) is 11.6 Å². The first-order chi connectivity index (χ1) is 18.0. The summed E-state index contributed by atoms with van der Waals surface area (Å²) in [4.78, 5) is 1.25. The standard InChI is InChI=1S/C26H34F2N4O4S2/c1-37(2,3)14-13-35-19-32(25-9-12-36-30-25)38(33,34)26-23(27)15-22(16-24(26)28)29-17-20-7-4-5-8-21(20)18-31-10-6-11-31/h4-5,7-9,12,15-16,29H,6,10-11,13-14,17-19H2,1-3H3. The van der Waals surface area contributed by atoms with Crippen LogP contribution in [0.2, 0.25) is 0 Å². The van der Waals surface area contributed by atoms with E-state index >= 15 is 8.78 Å². The van der Waals surface area contributed by atoms with E-state index in [-0.39, 0.29) is 18.1 Å². The topological polar surface area (TPSA) is 87.9 Å². The minimum Gasteiger partial charge on any atom is -0.381 e. The molecule has 1 N–H and O–H groups in total. The van der Waals surface area contributed by atoms with Crippen molar-refractivity contribution in [3.8, 4) is 0 Å². The molecule has 1 fully saturated rings. The van der Waals surface area contributed by atoms with Gasteiger partial charge in [0, 0.05) is 30.6 Å². The van der Waals surface area contributed by atoms with Gasteiger partial charge in [-0.1, -0.05) is 29.4 Å². The quantitative estimate of drug-likeness (QED) is 0.238. The first kappa shape index (κ1) is 28.3. The van der Waals surface area contributed by atoms with Crippen LogP contribution in [0.4, 0.5) is 20.3 Å². The monoisotopic (exact) mass is 568 g/mol. The van der Waals surface area contributed by atoms with E-state index in [1.54, 1.807) is 0 Å². The van der Waals surface area contributed by atoms with Crippen molar-refractivity contribution < 1.29 is 26.5 Å². The summed E-state index contributed by atoms with van der Waals surface area (Å²) in [6, 6.07) is 11.1. The molecule has 8 nitrogen and oxygen atoms in total. The Morgan fingerprint density at radius 1 is 1.08 bits per heavy atom. The van der Waals surface area contributed by atoms with Crippen LogP contribution in [0.1, 0.15) is 17.5 Å². The number of hydrogen-bond acceptors (Lipinski definition) is 7. The molecule has 0 atom stereocenters. The van der Waals surface area contributed by atoms with Gasteiger partial charge in [-0.05, 0) is 61.5 Å². The number of likely N-dealkylation sites (tertiary alicyclic amines) is 1. The van der Waals surface area contributed by atoms with Crippen molar-refractivity contribution in [3.05, 3.63) is 71.5 Å². The van der Waals surface area contributed by atoms with Crippen LogP contribution >= 0.6 is 10.0 Å². The van der Waals surface area contributed by atoms with Crippen molar-refractivity contribution >= 4 is 31.6 Å². The van der Waals surface area contributed by atoms with Crippen molar-refractivity contribution in [2.45, 2.75) is 24.4 Å². The summed E-state index contributed by atoms with van der Waals surface area (Å²) < 4.78 is 68.3. The van der Waals surface area contributed by atoms with Crippen LogP contribution in [-0.2, 0) is 27.8 Å². The molecule has 0 saturated carbocycles. The highest BCUT2D eigenvalue weighted by molar-refractivity contribution is 8.32. The maximum Gasteiger partial charge on any atom is 0.273 e. The van der Waals surface area contributed by atoms with E-state index in [2.05, 4.69) is 34.1 Å². The summed E-state index contributed by atoms with van der Waals surface area (Å²) in [6.45, 7) is 3.09. The molecule has 2 heterocycles. The summed E-state index contributed by atoms with van der Waals surface area (Å²) in [5, 5.41) is 6.68. The second-order valence-corrected chi connectivity index (χ2v) is 16.5. The fourth-order valence-electron chi connectivity index (χ4n) is 3.93. The number of nitrogens with one attached hydrogen (secondary N) is 1. The molecule has 208 valence electrons. The average Bonchev–Trinajstić information content (AvgIpc) is 3.33. The third-order valence-electron chi connectivity index (χ3n) is 6.22. The summed E-state index contributed by atoms with van der Waals surface area (Å²) in [6.07, 6.45) is 8.68. The molecule has 0 amide bonds. The fourth-order valence-corrected chi connectivity index (χ4v) is 5.93. The summed E-state index contributed by atoms with van der Waals surface area (Å²) >= 11 is 0. The van der Waals surface area contributed by atoms with Gasteiger partial charge in [-0.2, -0.15) is 0 Å². The number of aromatic nitrogens is 1. The zero-order chi connectivity index (χ0) is 27.3. The highest BCUT2D eigenvalue weighted by Crippen LogP contribution is 2.34. The second kappa shape index (κ2) is 12.0. The van der Waals surface area contributed by atoms with E-state index in [9.17, 15) is 8.42 Å². The molecule has 12 heteroatoms. The zero-order valence-corrected chi connectivity index (χ0v) is 23.5. The summed E-state index contributed by atoms with van der Waals surface area (Å²) in [5.41, 5.74) is 2.27. The van der Waals surface area contributed by atoms with Crippen LogP contribution in [0.15, 0.2) is 58.1 Å². The predicted molar refractivity (Wildman–Crippen MR) is 147 cm³/mol. The van der Waals surface area contributed by atoms with Crippen LogP contribution in [0.25, 0.3) is 0 Å². The number of anilines is 2. The van der Waals surface area contributed by atoms with Gasteiger partial charge < -0.3 is 14.6 Å². The summed E-state index contributed by atoms with van der Waals surface area (Å²) in [5.74, 6) is -1.82. The van der Waals surface area contributed by atoms with Crippen LogP contribution < -0.4 is 9.62 Å². The van der Waals surface area contributed by atoms with Gasteiger partial charge in [0.15, 0.2) is 10.7 Å². The Kier molecular flexibility index (Phi) is 8.96. The second-order valence-electron chi connectivity index (χ2n) is 10.1. The van der Waals surface area contributed by atoms with Crippen molar-refractivity contribution in [1.29, 1.82) is 0 Å². The van der Waals surface area contributed by atoms with E-state index in [4.69, 9.17) is 9.26 Å². The Balaban J connectivity index is 1.51. The van der Waals surface area contributed by atoms with E-state index in [0.717, 1.165) is 48.6 Å². The molecule has 38 heavy (non-hydrogen) atoms. The molecule has 0 aliphatic carbocycles. The predicted octanol–water partition coefficient (Wildman–Crippen LogP) is 4.63. The van der Waals surface area contributed by atoms with Crippen LogP contribution in [-0.4, -0.2) is 69.4 Å². The van der Waals surface area contributed by atoms with Gasteiger partial charge in [0.1, 0.15) is 24.6 Å². The average molecular weight is 569 g/mol. The zero-order valence-electron chi connectivity index (χ0n) is 21.8. The summed E-state index contributed by atoms with van der Waals surface area (Å²) in [7, 11) is -5.56. The lowest BCUT2D eigenvalue weighted by Crippen LogP contribution is -2.36. The van der Waals surface area contributed by atoms with Crippen molar-refractivity contribution in [2.75, 3.05) is 60.6 Å². The van der Waals surface area contributed by atoms with E-state index in [1.165, 1.54) is 18.8 Å². The molecule has 1 aliphatic rings. The van der Waals surface area contributed by atoms with E-state index in [1.807, 2.05) is 24.3 Å². The maximum absolute atomic E-state index is 15.2. The molecular formula is C26H34F2N4O4S2. The van der Waals surface area contributed by atoms with Crippen molar-refractivity contribution in [3.63, 3.8) is 0 Å². The molecular weight excluding hydrogens is 534 g/mol. The molecule has 0 spiro atoms. The fraction of sp³-hybridized carbons (Fsp3) is 0.423. The molecule has 3 aromatic rings. The Morgan fingerprint density at radius 2 is 1.76 bits per heavy atom. The van der Waals surface area contributed by atoms with Crippen molar-refractivity contribution in [1.82, 2.24) is 10.1 Å². The highest BCUT2D eigenvalue weighted by atomic mass is 32.3. The highest BCUT2D eigenvalue weighted by Gasteiger charge is 2.33. The SMILES string of the molecule is CS(C)(C)CCOCN(c1ccon1)S(=O)(=O)c1c(F)cc(NCc2ccccc2CN2CCC2)cc1F. The Morgan fingerprint density at radius 3 is 2.34 bits per heavy atom. The molecule has 4 rings (SSSR count). The number of halogens is 2. The first-order valence-corrected chi connectivity index (χ1v) is 16.7. The molecule has 1 aliphatic heterocycles. The Bertz CT molecular complexity index is 1300. The maximum atomic E-state index is 15.2. The molecule has 1 aromatic heterocycles. The third-order valence-corrected chi connectivity index (χ3v) is 9.39. The van der Waals surface area contributed by atoms with Crippen LogP contribution in [0.5, 0.6) is 0 Å². The number of rotatable bonds is 13. The molecule has 0 radical (unpaired) electrons. The lowest BCUT2D eigenvalue weighted by Gasteiger charge is -2.31. The molecule has 0 unspecified atom stereocenters. The third kappa shape index (κ3) is 7.04. The minimum absolute atomic E-state index is 0.132. The smallest absolute Gasteiger partial charge is 0.273 e. The largest absolute Gasteiger partial charge is 0.381 e. The first-order valence-electron chi connectivity index (χ1n) is 12.2. The lowest BCUT2D eigenvalue weighted by atomic mass is 10.1. The number of hydrogen-bond donors (Lipinski definition) is 1. The molecule has 2 aromatic carbocycles. The number of sulfonamides is 1. The van der Waals surface area contributed by atoms with E-state index < -0.39 is 43.3 Å². The van der Waals surface area contributed by atoms with Gasteiger partial charge in [-0.3, -0.25) is 4.90 Å².